The predicted octanol–water partition coefficient (Wildman–Crippen LogP) is -0.456. The standard InChI is InChI=1S/C13H20N4O4/c18-12(19)10(6-9-7-14-8-16-9)15-3-5-17-4-1-2-11(17)13(20)21/h7-8,10-11,15H,1-6H2,(H,14,16)(H,18,19)(H,20,21)/t10-,11?/m0/s1. The lowest BCUT2D eigenvalue weighted by Gasteiger charge is -2.22. The molecular weight excluding hydrogens is 276 g/mol. The first-order valence-electron chi connectivity index (χ1n) is 6.98. The summed E-state index contributed by atoms with van der Waals surface area (Å²) in [5.74, 6) is -1.74. The van der Waals surface area contributed by atoms with Crippen LogP contribution < -0.4 is 5.32 Å². The molecule has 0 aromatic carbocycles. The van der Waals surface area contributed by atoms with Gasteiger partial charge in [0.2, 0.25) is 0 Å². The van der Waals surface area contributed by atoms with Gasteiger partial charge in [-0.1, -0.05) is 0 Å². The van der Waals surface area contributed by atoms with Gasteiger partial charge in [0.25, 0.3) is 0 Å². The average Bonchev–Trinajstić information content (AvgIpc) is 3.07. The van der Waals surface area contributed by atoms with E-state index < -0.39 is 24.0 Å². The summed E-state index contributed by atoms with van der Waals surface area (Å²) < 4.78 is 0. The molecule has 0 radical (unpaired) electrons. The Hall–Kier alpha value is -1.93. The van der Waals surface area contributed by atoms with Gasteiger partial charge in [0, 0.05) is 31.4 Å². The first kappa shape index (κ1) is 15.5. The fourth-order valence-corrected chi connectivity index (χ4v) is 2.62. The highest BCUT2D eigenvalue weighted by Crippen LogP contribution is 2.16. The Kier molecular flexibility index (Phi) is 5.29. The van der Waals surface area contributed by atoms with Crippen LogP contribution in [0.3, 0.4) is 0 Å². The zero-order valence-corrected chi connectivity index (χ0v) is 11.7. The van der Waals surface area contributed by atoms with Gasteiger partial charge in [-0.15, -0.1) is 0 Å². The highest BCUT2D eigenvalue weighted by molar-refractivity contribution is 5.74. The number of carboxylic acid groups (broad SMARTS) is 2. The second-order valence-electron chi connectivity index (χ2n) is 5.16. The average molecular weight is 296 g/mol. The SMILES string of the molecule is O=C(O)C1CCCN1CCN[C@@H](Cc1cnc[nH]1)C(=O)O. The molecule has 21 heavy (non-hydrogen) atoms. The maximum atomic E-state index is 11.2. The molecule has 2 heterocycles. The lowest BCUT2D eigenvalue weighted by molar-refractivity contribution is -0.142. The molecule has 0 spiro atoms. The first-order chi connectivity index (χ1) is 10.1. The van der Waals surface area contributed by atoms with Crippen LogP contribution in [0.4, 0.5) is 0 Å². The predicted molar refractivity (Wildman–Crippen MR) is 73.9 cm³/mol. The van der Waals surface area contributed by atoms with E-state index in [1.165, 1.54) is 6.33 Å². The van der Waals surface area contributed by atoms with Gasteiger partial charge < -0.3 is 20.5 Å². The van der Waals surface area contributed by atoms with Crippen LogP contribution in [-0.2, 0) is 16.0 Å². The van der Waals surface area contributed by atoms with Crippen molar-refractivity contribution < 1.29 is 19.8 Å². The van der Waals surface area contributed by atoms with Crippen molar-refractivity contribution >= 4 is 11.9 Å². The minimum atomic E-state index is -0.930. The Bertz CT molecular complexity index is 477. The molecule has 0 saturated carbocycles. The Labute approximate surface area is 122 Å². The van der Waals surface area contributed by atoms with Gasteiger partial charge >= 0.3 is 11.9 Å². The topological polar surface area (TPSA) is 119 Å². The number of aliphatic carboxylic acids is 2. The van der Waals surface area contributed by atoms with Crippen LogP contribution >= 0.6 is 0 Å². The fraction of sp³-hybridized carbons (Fsp3) is 0.615. The van der Waals surface area contributed by atoms with Crippen LogP contribution in [0.15, 0.2) is 12.5 Å². The third-order valence-corrected chi connectivity index (χ3v) is 3.72. The van der Waals surface area contributed by atoms with Crippen LogP contribution in [0.2, 0.25) is 0 Å². The van der Waals surface area contributed by atoms with Crippen molar-refractivity contribution in [3.63, 3.8) is 0 Å². The third-order valence-electron chi connectivity index (χ3n) is 3.72. The fourth-order valence-electron chi connectivity index (χ4n) is 2.62. The molecule has 1 saturated heterocycles. The molecule has 1 unspecified atom stereocenters. The van der Waals surface area contributed by atoms with Crippen LogP contribution in [0.25, 0.3) is 0 Å². The number of aromatic amines is 1. The molecule has 1 aromatic rings. The van der Waals surface area contributed by atoms with Crippen molar-refractivity contribution in [1.29, 1.82) is 0 Å². The minimum Gasteiger partial charge on any atom is -0.480 e. The maximum Gasteiger partial charge on any atom is 0.321 e. The summed E-state index contributed by atoms with van der Waals surface area (Å²) in [7, 11) is 0. The van der Waals surface area contributed by atoms with E-state index in [9.17, 15) is 14.7 Å². The molecule has 8 heteroatoms. The van der Waals surface area contributed by atoms with Crippen molar-refractivity contribution in [1.82, 2.24) is 20.2 Å². The summed E-state index contributed by atoms with van der Waals surface area (Å²) in [5, 5.41) is 21.2. The molecule has 0 bridgehead atoms. The Morgan fingerprint density at radius 2 is 2.33 bits per heavy atom. The summed E-state index contributed by atoms with van der Waals surface area (Å²) in [6.45, 7) is 1.72. The monoisotopic (exact) mass is 296 g/mol. The number of hydrogen-bond acceptors (Lipinski definition) is 5. The lowest BCUT2D eigenvalue weighted by Crippen LogP contribution is -2.45. The Morgan fingerprint density at radius 1 is 1.52 bits per heavy atom. The zero-order chi connectivity index (χ0) is 15.2. The smallest absolute Gasteiger partial charge is 0.321 e. The number of carbonyl (C=O) groups is 2. The zero-order valence-electron chi connectivity index (χ0n) is 11.7. The van der Waals surface area contributed by atoms with E-state index in [0.717, 1.165) is 18.7 Å². The van der Waals surface area contributed by atoms with Gasteiger partial charge in [0.05, 0.1) is 6.33 Å². The molecule has 1 aliphatic rings. The molecule has 0 amide bonds. The van der Waals surface area contributed by atoms with Crippen LogP contribution in [0.5, 0.6) is 0 Å². The Balaban J connectivity index is 1.79. The van der Waals surface area contributed by atoms with Gasteiger partial charge in [-0.05, 0) is 19.4 Å². The summed E-state index contributed by atoms with van der Waals surface area (Å²) in [5.41, 5.74) is 0.750. The molecule has 1 aliphatic heterocycles. The minimum absolute atomic E-state index is 0.317. The molecule has 8 nitrogen and oxygen atoms in total. The number of carboxylic acids is 2. The molecule has 116 valence electrons. The molecule has 0 aliphatic carbocycles. The van der Waals surface area contributed by atoms with Crippen molar-refractivity contribution in [3.8, 4) is 0 Å². The highest BCUT2D eigenvalue weighted by atomic mass is 16.4. The molecule has 1 aromatic heterocycles. The van der Waals surface area contributed by atoms with Gasteiger partial charge in [-0.2, -0.15) is 0 Å². The van der Waals surface area contributed by atoms with Crippen molar-refractivity contribution in [3.05, 3.63) is 18.2 Å². The summed E-state index contributed by atoms with van der Waals surface area (Å²) in [6.07, 6.45) is 4.95. The van der Waals surface area contributed by atoms with Crippen molar-refractivity contribution in [2.24, 2.45) is 0 Å². The van der Waals surface area contributed by atoms with Gasteiger partial charge in [0.15, 0.2) is 0 Å². The molecule has 2 rings (SSSR count). The molecular formula is C13H20N4O4. The summed E-state index contributed by atoms with van der Waals surface area (Å²) in [6, 6.07) is -1.15. The number of rotatable bonds is 8. The van der Waals surface area contributed by atoms with E-state index >= 15 is 0 Å². The first-order valence-corrected chi connectivity index (χ1v) is 6.98. The van der Waals surface area contributed by atoms with Crippen molar-refractivity contribution in [2.75, 3.05) is 19.6 Å². The third kappa shape index (κ3) is 4.27. The van der Waals surface area contributed by atoms with Gasteiger partial charge in [0.1, 0.15) is 12.1 Å². The van der Waals surface area contributed by atoms with E-state index in [2.05, 4.69) is 15.3 Å². The number of nitrogens with zero attached hydrogens (tertiary/aromatic N) is 2. The van der Waals surface area contributed by atoms with Crippen LogP contribution in [0, 0.1) is 0 Å². The lowest BCUT2D eigenvalue weighted by atomic mass is 10.1. The number of nitrogens with one attached hydrogen (secondary N) is 2. The Morgan fingerprint density at radius 3 is 2.95 bits per heavy atom. The second kappa shape index (κ2) is 7.19. The maximum absolute atomic E-state index is 11.2. The van der Waals surface area contributed by atoms with E-state index in [1.807, 2.05) is 4.90 Å². The van der Waals surface area contributed by atoms with Gasteiger partial charge in [-0.25, -0.2) is 4.98 Å². The van der Waals surface area contributed by atoms with E-state index in [0.29, 0.717) is 25.9 Å². The highest BCUT2D eigenvalue weighted by Gasteiger charge is 2.30. The second-order valence-corrected chi connectivity index (χ2v) is 5.16. The largest absolute Gasteiger partial charge is 0.480 e. The van der Waals surface area contributed by atoms with Gasteiger partial charge in [-0.3, -0.25) is 14.5 Å². The number of likely N-dealkylation sites (tertiary alicyclic amines) is 1. The summed E-state index contributed by atoms with van der Waals surface area (Å²) >= 11 is 0. The number of aromatic nitrogens is 2. The quantitative estimate of drug-likeness (QED) is 0.513. The summed E-state index contributed by atoms with van der Waals surface area (Å²) in [4.78, 5) is 30.9. The molecule has 4 N–H and O–H groups in total. The van der Waals surface area contributed by atoms with Crippen LogP contribution in [-0.4, -0.2) is 68.7 Å². The van der Waals surface area contributed by atoms with E-state index in [4.69, 9.17) is 5.11 Å². The van der Waals surface area contributed by atoms with E-state index in [-0.39, 0.29) is 0 Å². The van der Waals surface area contributed by atoms with Crippen LogP contribution in [0.1, 0.15) is 18.5 Å². The molecule has 2 atom stereocenters. The number of hydrogen-bond donors (Lipinski definition) is 4. The molecule has 1 fully saturated rings. The van der Waals surface area contributed by atoms with Crippen molar-refractivity contribution in [2.45, 2.75) is 31.3 Å². The number of imidazole rings is 1. The van der Waals surface area contributed by atoms with E-state index in [1.54, 1.807) is 6.20 Å². The number of H-pyrrole nitrogens is 1. The normalized spacial score (nSPS) is 20.5.